The van der Waals surface area contributed by atoms with Gasteiger partial charge in [-0.3, -0.25) is 19.2 Å². The summed E-state index contributed by atoms with van der Waals surface area (Å²) < 4.78 is 0. The first kappa shape index (κ1) is 39.6. The molecule has 0 aliphatic rings. The van der Waals surface area contributed by atoms with Crippen LogP contribution < -0.4 is 0 Å². The molecule has 242 valence electrons. The van der Waals surface area contributed by atoms with Crippen molar-refractivity contribution in [3.8, 4) is 0 Å². The van der Waals surface area contributed by atoms with Gasteiger partial charge in [0.05, 0.1) is 12.8 Å². The highest BCUT2D eigenvalue weighted by atomic mass is 32.3. The van der Waals surface area contributed by atoms with Crippen LogP contribution in [-0.4, -0.2) is 43.9 Å². The van der Waals surface area contributed by atoms with Gasteiger partial charge in [-0.15, -0.1) is 10.0 Å². The fraction of sp³-hybridized carbons (Fsp3) is 0.882. The lowest BCUT2D eigenvalue weighted by molar-refractivity contribution is -0.137. The maximum atomic E-state index is 13.5. The first-order valence-electron chi connectivity index (χ1n) is 17.1. The van der Waals surface area contributed by atoms with Crippen LogP contribution in [0.2, 0.25) is 0 Å². The van der Waals surface area contributed by atoms with Gasteiger partial charge in [-0.2, -0.15) is 0 Å². The van der Waals surface area contributed by atoms with Gasteiger partial charge in [-0.05, 0) is 12.8 Å². The standard InChI is InChI=1S/C34H64O6S/c1-3-5-7-9-11-13-15-17-19-21-23-25-33(39)41(29-27-31(35)36,30-28-32(37)38)34(40)26-24-22-20-18-16-14-12-10-8-6-4-2/h3-30H2,1-2H3,(H,35,36)(H,37,38). The molecule has 0 saturated carbocycles. The fourth-order valence-electron chi connectivity index (χ4n) is 5.47. The van der Waals surface area contributed by atoms with Gasteiger partial charge < -0.3 is 10.2 Å². The van der Waals surface area contributed by atoms with Gasteiger partial charge in [0.15, 0.2) is 10.2 Å². The van der Waals surface area contributed by atoms with Gasteiger partial charge in [0.2, 0.25) is 0 Å². The van der Waals surface area contributed by atoms with E-state index in [1.165, 1.54) is 89.9 Å². The van der Waals surface area contributed by atoms with E-state index in [1.807, 2.05) is 0 Å². The summed E-state index contributed by atoms with van der Waals surface area (Å²) >= 11 is 0. The van der Waals surface area contributed by atoms with Crippen molar-refractivity contribution in [3.63, 3.8) is 0 Å². The van der Waals surface area contributed by atoms with Crippen LogP contribution in [-0.2, 0) is 19.2 Å². The Bertz CT molecular complexity index is 635. The maximum absolute atomic E-state index is 13.5. The van der Waals surface area contributed by atoms with Crippen LogP contribution in [0.5, 0.6) is 0 Å². The van der Waals surface area contributed by atoms with Gasteiger partial charge in [0.25, 0.3) is 0 Å². The lowest BCUT2D eigenvalue weighted by Crippen LogP contribution is -2.29. The predicted molar refractivity (Wildman–Crippen MR) is 174 cm³/mol. The number of hydrogen-bond acceptors (Lipinski definition) is 4. The molecule has 0 rings (SSSR count). The van der Waals surface area contributed by atoms with Crippen molar-refractivity contribution in [2.75, 3.05) is 11.5 Å². The number of carbonyl (C=O) groups is 4. The number of unbranched alkanes of at least 4 members (excludes halogenated alkanes) is 20. The first-order chi connectivity index (χ1) is 19.8. The second-order valence-electron chi connectivity index (χ2n) is 11.9. The summed E-state index contributed by atoms with van der Waals surface area (Å²) in [6, 6.07) is 0. The second-order valence-corrected chi connectivity index (χ2v) is 15.4. The summed E-state index contributed by atoms with van der Waals surface area (Å²) in [6.45, 7) is 4.45. The van der Waals surface area contributed by atoms with Gasteiger partial charge in [-0.25, -0.2) is 0 Å². The molecule has 0 bridgehead atoms. The molecule has 0 radical (unpaired) electrons. The van der Waals surface area contributed by atoms with E-state index in [-0.39, 0.29) is 47.4 Å². The number of aliphatic carboxylic acids is 2. The summed E-state index contributed by atoms with van der Waals surface area (Å²) in [4.78, 5) is 49.9. The van der Waals surface area contributed by atoms with Crippen molar-refractivity contribution >= 4 is 32.2 Å². The molecule has 41 heavy (non-hydrogen) atoms. The minimum atomic E-state index is -2.61. The summed E-state index contributed by atoms with van der Waals surface area (Å²) in [5.41, 5.74) is 0. The number of carboxylic acids is 2. The van der Waals surface area contributed by atoms with Crippen LogP contribution in [0.3, 0.4) is 0 Å². The van der Waals surface area contributed by atoms with E-state index in [0.29, 0.717) is 12.8 Å². The Labute approximate surface area is 253 Å². The lowest BCUT2D eigenvalue weighted by atomic mass is 10.1. The van der Waals surface area contributed by atoms with Crippen molar-refractivity contribution in [1.82, 2.24) is 0 Å². The van der Waals surface area contributed by atoms with Crippen LogP contribution in [0.15, 0.2) is 0 Å². The molecule has 6 nitrogen and oxygen atoms in total. The molecule has 0 aromatic carbocycles. The summed E-state index contributed by atoms with van der Waals surface area (Å²) in [5.74, 6) is -2.10. The molecular weight excluding hydrogens is 536 g/mol. The largest absolute Gasteiger partial charge is 0.481 e. The highest BCUT2D eigenvalue weighted by Gasteiger charge is 2.39. The fourth-order valence-corrected chi connectivity index (χ4v) is 8.95. The molecule has 0 unspecified atom stereocenters. The number of rotatable bonds is 30. The Balaban J connectivity index is 4.71. The first-order valence-corrected chi connectivity index (χ1v) is 19.0. The Morgan fingerprint density at radius 1 is 0.390 bits per heavy atom. The molecule has 0 heterocycles. The normalized spacial score (nSPS) is 12.0. The van der Waals surface area contributed by atoms with Gasteiger partial charge in [0.1, 0.15) is 0 Å². The van der Waals surface area contributed by atoms with Crippen molar-refractivity contribution in [1.29, 1.82) is 0 Å². The number of carbonyl (C=O) groups excluding carboxylic acids is 2. The summed E-state index contributed by atoms with van der Waals surface area (Å²) in [6.07, 6.45) is 25.6. The monoisotopic (exact) mass is 600 g/mol. The van der Waals surface area contributed by atoms with Gasteiger partial charge in [-0.1, -0.05) is 142 Å². The van der Waals surface area contributed by atoms with Gasteiger partial charge >= 0.3 is 11.9 Å². The third kappa shape index (κ3) is 21.9. The van der Waals surface area contributed by atoms with E-state index in [9.17, 15) is 29.4 Å². The quantitative estimate of drug-likeness (QED) is 0.0794. The van der Waals surface area contributed by atoms with E-state index in [2.05, 4.69) is 13.8 Å². The molecule has 0 amide bonds. The highest BCUT2D eigenvalue weighted by molar-refractivity contribution is 8.55. The molecule has 0 aliphatic carbocycles. The average molecular weight is 601 g/mol. The molecule has 2 N–H and O–H groups in total. The third-order valence-corrected chi connectivity index (χ3v) is 12.1. The molecule has 0 aromatic rings. The topological polar surface area (TPSA) is 109 Å². The zero-order valence-corrected chi connectivity index (χ0v) is 27.6. The summed E-state index contributed by atoms with van der Waals surface area (Å²) in [7, 11) is -2.61. The van der Waals surface area contributed by atoms with Crippen LogP contribution in [0.1, 0.15) is 181 Å². The molecule has 0 saturated heterocycles. The molecule has 7 heteroatoms. The van der Waals surface area contributed by atoms with Gasteiger partial charge in [0, 0.05) is 24.3 Å². The molecule has 0 fully saturated rings. The molecule has 0 atom stereocenters. The minimum Gasteiger partial charge on any atom is -0.481 e. The summed E-state index contributed by atoms with van der Waals surface area (Å²) in [5, 5.41) is 18.4. The van der Waals surface area contributed by atoms with Crippen molar-refractivity contribution < 1.29 is 29.4 Å². The lowest BCUT2D eigenvalue weighted by Gasteiger charge is -2.36. The van der Waals surface area contributed by atoms with Crippen LogP contribution in [0.4, 0.5) is 0 Å². The Morgan fingerprint density at radius 3 is 0.878 bits per heavy atom. The average Bonchev–Trinajstić information content (AvgIpc) is 2.94. The van der Waals surface area contributed by atoms with E-state index in [1.54, 1.807) is 0 Å². The van der Waals surface area contributed by atoms with E-state index in [4.69, 9.17) is 0 Å². The van der Waals surface area contributed by atoms with Crippen molar-refractivity contribution in [2.45, 2.75) is 181 Å². The third-order valence-electron chi connectivity index (χ3n) is 8.17. The van der Waals surface area contributed by atoms with Crippen molar-refractivity contribution in [2.24, 2.45) is 0 Å². The Kier molecular flexibility index (Phi) is 26.5. The maximum Gasteiger partial charge on any atom is 0.304 e. The minimum absolute atomic E-state index is 0.0106. The molecule has 0 aromatic heterocycles. The smallest absolute Gasteiger partial charge is 0.304 e. The number of hydrogen-bond donors (Lipinski definition) is 2. The molecule has 0 aliphatic heterocycles. The van der Waals surface area contributed by atoms with E-state index >= 15 is 0 Å². The predicted octanol–water partition coefficient (Wildman–Crippen LogP) is 10.2. The van der Waals surface area contributed by atoms with E-state index in [0.717, 1.165) is 38.5 Å². The highest BCUT2D eigenvalue weighted by Crippen LogP contribution is 2.53. The van der Waals surface area contributed by atoms with Crippen LogP contribution in [0, 0.1) is 0 Å². The van der Waals surface area contributed by atoms with Crippen molar-refractivity contribution in [3.05, 3.63) is 0 Å². The number of carboxylic acid groups (broad SMARTS) is 2. The Hall–Kier alpha value is -1.37. The van der Waals surface area contributed by atoms with Crippen LogP contribution >= 0.6 is 10.0 Å². The zero-order chi connectivity index (χ0) is 30.6. The second kappa shape index (κ2) is 27.5. The zero-order valence-electron chi connectivity index (χ0n) is 26.7. The SMILES string of the molecule is CCCCCCCCCCCCCC(=O)S(CCC(=O)O)(CCC(=O)O)C(=O)CCCCCCCCCCCCC. The molecule has 0 spiro atoms. The van der Waals surface area contributed by atoms with Crippen LogP contribution in [0.25, 0.3) is 0 Å². The van der Waals surface area contributed by atoms with E-state index < -0.39 is 22.0 Å². The molecular formula is C34H64O6S. The Morgan fingerprint density at radius 2 is 0.634 bits per heavy atom.